The SMILES string of the molecule is N#Cc1cnc(N(CCO)CC2CCCN2)cn1. The number of hydrogen-bond donors (Lipinski definition) is 2. The molecule has 2 rings (SSSR count). The van der Waals surface area contributed by atoms with Crippen molar-refractivity contribution in [1.29, 1.82) is 5.26 Å². The summed E-state index contributed by atoms with van der Waals surface area (Å²) in [4.78, 5) is 10.2. The van der Waals surface area contributed by atoms with Gasteiger partial charge in [0.05, 0.1) is 19.0 Å². The first-order valence-corrected chi connectivity index (χ1v) is 6.15. The normalized spacial score (nSPS) is 18.6. The summed E-state index contributed by atoms with van der Waals surface area (Å²) < 4.78 is 0. The minimum absolute atomic E-state index is 0.0778. The number of aliphatic hydroxyl groups excluding tert-OH is 1. The second-order valence-electron chi connectivity index (χ2n) is 4.33. The zero-order chi connectivity index (χ0) is 12.8. The molecule has 1 aliphatic heterocycles. The average molecular weight is 247 g/mol. The van der Waals surface area contributed by atoms with Crippen molar-refractivity contribution in [2.24, 2.45) is 0 Å². The second kappa shape index (κ2) is 6.28. The molecule has 0 bridgehead atoms. The minimum Gasteiger partial charge on any atom is -0.395 e. The Morgan fingerprint density at radius 3 is 2.94 bits per heavy atom. The molecule has 0 radical (unpaired) electrons. The smallest absolute Gasteiger partial charge is 0.158 e. The summed E-state index contributed by atoms with van der Waals surface area (Å²) in [6.07, 6.45) is 5.38. The van der Waals surface area contributed by atoms with Crippen molar-refractivity contribution < 1.29 is 5.11 Å². The number of rotatable bonds is 5. The summed E-state index contributed by atoms with van der Waals surface area (Å²) in [6, 6.07) is 2.38. The topological polar surface area (TPSA) is 85.1 Å². The lowest BCUT2D eigenvalue weighted by Gasteiger charge is -2.25. The summed E-state index contributed by atoms with van der Waals surface area (Å²) in [5.41, 5.74) is 0.307. The molecule has 0 aliphatic carbocycles. The van der Waals surface area contributed by atoms with Crippen LogP contribution in [0.2, 0.25) is 0 Å². The number of hydrogen-bond acceptors (Lipinski definition) is 6. The van der Waals surface area contributed by atoms with Crippen LogP contribution < -0.4 is 10.2 Å². The van der Waals surface area contributed by atoms with Crippen molar-refractivity contribution >= 4 is 5.82 Å². The van der Waals surface area contributed by atoms with E-state index >= 15 is 0 Å². The third-order valence-electron chi connectivity index (χ3n) is 3.05. The van der Waals surface area contributed by atoms with Crippen LogP contribution in [0.5, 0.6) is 0 Å². The lowest BCUT2D eigenvalue weighted by Crippen LogP contribution is -2.39. The van der Waals surface area contributed by atoms with Gasteiger partial charge in [0.15, 0.2) is 5.69 Å². The van der Waals surface area contributed by atoms with Gasteiger partial charge in [0.2, 0.25) is 0 Å². The fourth-order valence-corrected chi connectivity index (χ4v) is 2.14. The van der Waals surface area contributed by atoms with Crippen molar-refractivity contribution in [3.05, 3.63) is 18.1 Å². The van der Waals surface area contributed by atoms with E-state index in [1.807, 2.05) is 11.0 Å². The highest BCUT2D eigenvalue weighted by Gasteiger charge is 2.18. The summed E-state index contributed by atoms with van der Waals surface area (Å²) in [7, 11) is 0. The highest BCUT2D eigenvalue weighted by Crippen LogP contribution is 2.13. The van der Waals surface area contributed by atoms with Gasteiger partial charge < -0.3 is 15.3 Å². The number of nitriles is 1. The molecule has 1 atom stereocenters. The van der Waals surface area contributed by atoms with Gasteiger partial charge in [-0.3, -0.25) is 0 Å². The molecular formula is C12H17N5O. The van der Waals surface area contributed by atoms with E-state index in [-0.39, 0.29) is 6.61 Å². The maximum Gasteiger partial charge on any atom is 0.158 e. The Morgan fingerprint density at radius 2 is 2.39 bits per heavy atom. The Morgan fingerprint density at radius 1 is 1.50 bits per heavy atom. The second-order valence-corrected chi connectivity index (χ2v) is 4.33. The average Bonchev–Trinajstić information content (AvgIpc) is 2.91. The molecule has 1 unspecified atom stereocenters. The zero-order valence-electron chi connectivity index (χ0n) is 10.2. The Labute approximate surface area is 106 Å². The van der Waals surface area contributed by atoms with Gasteiger partial charge in [-0.15, -0.1) is 0 Å². The molecular weight excluding hydrogens is 230 g/mol. The monoisotopic (exact) mass is 247 g/mol. The number of nitrogens with zero attached hydrogens (tertiary/aromatic N) is 4. The molecule has 0 amide bonds. The first kappa shape index (κ1) is 12.7. The highest BCUT2D eigenvalue weighted by atomic mass is 16.3. The zero-order valence-corrected chi connectivity index (χ0v) is 10.2. The quantitative estimate of drug-likeness (QED) is 0.755. The van der Waals surface area contributed by atoms with E-state index in [9.17, 15) is 0 Å². The van der Waals surface area contributed by atoms with E-state index < -0.39 is 0 Å². The van der Waals surface area contributed by atoms with E-state index in [0.29, 0.717) is 24.1 Å². The number of anilines is 1. The Bertz CT molecular complexity index is 407. The Kier molecular flexibility index (Phi) is 4.45. The van der Waals surface area contributed by atoms with Crippen LogP contribution in [0.3, 0.4) is 0 Å². The molecule has 6 nitrogen and oxygen atoms in total. The third-order valence-corrected chi connectivity index (χ3v) is 3.05. The lowest BCUT2D eigenvalue weighted by molar-refractivity contribution is 0.300. The summed E-state index contributed by atoms with van der Waals surface area (Å²) in [6.45, 7) is 2.46. The first-order valence-electron chi connectivity index (χ1n) is 6.15. The molecule has 0 spiro atoms. The molecule has 1 aliphatic rings. The molecule has 0 aromatic carbocycles. The highest BCUT2D eigenvalue weighted by molar-refractivity contribution is 5.37. The molecule has 6 heteroatoms. The molecule has 96 valence electrons. The maximum atomic E-state index is 9.11. The fourth-order valence-electron chi connectivity index (χ4n) is 2.14. The van der Waals surface area contributed by atoms with E-state index in [1.165, 1.54) is 12.6 Å². The van der Waals surface area contributed by atoms with Crippen LogP contribution in [-0.2, 0) is 0 Å². The van der Waals surface area contributed by atoms with Gasteiger partial charge in [-0.1, -0.05) is 0 Å². The van der Waals surface area contributed by atoms with Crippen LogP contribution in [0.15, 0.2) is 12.4 Å². The van der Waals surface area contributed by atoms with Gasteiger partial charge in [-0.05, 0) is 19.4 Å². The summed E-state index contributed by atoms with van der Waals surface area (Å²) in [5, 5.41) is 21.2. The van der Waals surface area contributed by atoms with E-state index in [1.54, 1.807) is 6.20 Å². The molecule has 1 aromatic heterocycles. The van der Waals surface area contributed by atoms with Crippen molar-refractivity contribution in [2.75, 3.05) is 31.1 Å². The predicted molar refractivity (Wildman–Crippen MR) is 67.1 cm³/mol. The summed E-state index contributed by atoms with van der Waals surface area (Å²) >= 11 is 0. The number of nitrogens with one attached hydrogen (secondary N) is 1. The number of aliphatic hydroxyl groups is 1. The standard InChI is InChI=1S/C12H17N5O/c13-6-11-7-16-12(8-15-11)17(4-5-18)9-10-2-1-3-14-10/h7-8,10,14,18H,1-5,9H2. The number of aromatic nitrogens is 2. The van der Waals surface area contributed by atoms with Crippen LogP contribution in [-0.4, -0.2) is 47.4 Å². The van der Waals surface area contributed by atoms with Gasteiger partial charge in [0, 0.05) is 19.1 Å². The molecule has 1 saturated heterocycles. The van der Waals surface area contributed by atoms with Gasteiger partial charge in [-0.2, -0.15) is 5.26 Å². The molecule has 2 heterocycles. The van der Waals surface area contributed by atoms with Crippen LogP contribution in [0, 0.1) is 11.3 Å². The van der Waals surface area contributed by atoms with Gasteiger partial charge >= 0.3 is 0 Å². The minimum atomic E-state index is 0.0778. The molecule has 1 fully saturated rings. The Hall–Kier alpha value is -1.71. The van der Waals surface area contributed by atoms with Crippen LogP contribution in [0.1, 0.15) is 18.5 Å². The lowest BCUT2D eigenvalue weighted by atomic mass is 10.2. The molecule has 2 N–H and O–H groups in total. The van der Waals surface area contributed by atoms with Crippen molar-refractivity contribution in [3.8, 4) is 6.07 Å². The van der Waals surface area contributed by atoms with Crippen LogP contribution >= 0.6 is 0 Å². The van der Waals surface area contributed by atoms with Gasteiger partial charge in [0.1, 0.15) is 11.9 Å². The van der Waals surface area contributed by atoms with Gasteiger partial charge in [0.25, 0.3) is 0 Å². The van der Waals surface area contributed by atoms with Crippen LogP contribution in [0.4, 0.5) is 5.82 Å². The van der Waals surface area contributed by atoms with Crippen molar-refractivity contribution in [3.63, 3.8) is 0 Å². The van der Waals surface area contributed by atoms with Crippen molar-refractivity contribution in [1.82, 2.24) is 15.3 Å². The van der Waals surface area contributed by atoms with Gasteiger partial charge in [-0.25, -0.2) is 9.97 Å². The maximum absolute atomic E-state index is 9.11. The Balaban J connectivity index is 2.05. The van der Waals surface area contributed by atoms with E-state index in [0.717, 1.165) is 19.5 Å². The summed E-state index contributed by atoms with van der Waals surface area (Å²) in [5.74, 6) is 0.705. The van der Waals surface area contributed by atoms with Crippen LogP contribution in [0.25, 0.3) is 0 Å². The van der Waals surface area contributed by atoms with Crippen molar-refractivity contribution in [2.45, 2.75) is 18.9 Å². The largest absolute Gasteiger partial charge is 0.395 e. The first-order chi connectivity index (χ1) is 8.83. The third kappa shape index (κ3) is 3.15. The molecule has 18 heavy (non-hydrogen) atoms. The molecule has 0 saturated carbocycles. The van der Waals surface area contributed by atoms with E-state index in [2.05, 4.69) is 15.3 Å². The molecule has 1 aromatic rings. The predicted octanol–water partition coefficient (Wildman–Crippen LogP) is -0.101. The fraction of sp³-hybridized carbons (Fsp3) is 0.583. The van der Waals surface area contributed by atoms with E-state index in [4.69, 9.17) is 10.4 Å².